The Morgan fingerprint density at radius 3 is 2.13 bits per heavy atom. The van der Waals surface area contributed by atoms with Crippen LogP contribution in [-0.4, -0.2) is 29.1 Å². The van der Waals surface area contributed by atoms with Crippen LogP contribution in [0.1, 0.15) is 48.4 Å². The summed E-state index contributed by atoms with van der Waals surface area (Å²) in [6.07, 6.45) is -0.195. The van der Waals surface area contributed by atoms with Gasteiger partial charge in [0.2, 0.25) is 5.69 Å². The number of rotatable bonds is 5. The fourth-order valence-corrected chi connectivity index (χ4v) is 4.78. The topological polar surface area (TPSA) is 80.0 Å². The van der Waals surface area contributed by atoms with E-state index in [1.807, 2.05) is 27.7 Å². The van der Waals surface area contributed by atoms with E-state index >= 15 is 0 Å². The van der Waals surface area contributed by atoms with Gasteiger partial charge in [0, 0.05) is 22.4 Å². The van der Waals surface area contributed by atoms with Crippen molar-refractivity contribution >= 4 is 29.2 Å². The summed E-state index contributed by atoms with van der Waals surface area (Å²) in [5, 5.41) is 12.4. The maximum Gasteiger partial charge on any atom is 0.335 e. The Hall–Kier alpha value is -3.04. The lowest BCUT2D eigenvalue weighted by Crippen LogP contribution is -2.74. The van der Waals surface area contributed by atoms with Gasteiger partial charge in [-0.2, -0.15) is 0 Å². The summed E-state index contributed by atoms with van der Waals surface area (Å²) >= 11 is 6.12. The zero-order valence-electron chi connectivity index (χ0n) is 17.2. The van der Waals surface area contributed by atoms with Gasteiger partial charge in [0.05, 0.1) is 17.2 Å². The lowest BCUT2D eigenvalue weighted by Gasteiger charge is -2.63. The van der Waals surface area contributed by atoms with Crippen molar-refractivity contribution in [2.45, 2.75) is 39.8 Å². The Kier molecular flexibility index (Phi) is 5.53. The number of nitrogens with zero attached hydrogens (tertiary/aromatic N) is 1. The molecule has 1 saturated carbocycles. The van der Waals surface area contributed by atoms with Crippen LogP contribution in [0.3, 0.4) is 0 Å². The first-order valence-corrected chi connectivity index (χ1v) is 9.84. The number of carbonyl (C=O) groups is 2. The van der Waals surface area contributed by atoms with E-state index in [1.165, 1.54) is 24.3 Å². The lowest BCUT2D eigenvalue weighted by molar-refractivity contribution is -0.164. The van der Waals surface area contributed by atoms with Crippen LogP contribution >= 0.6 is 11.6 Å². The number of carbonyl (C=O) groups excluding carboxylic acids is 1. The molecule has 1 amide bonds. The van der Waals surface area contributed by atoms with Crippen molar-refractivity contribution < 1.29 is 19.4 Å². The third-order valence-electron chi connectivity index (χ3n) is 5.80. The summed E-state index contributed by atoms with van der Waals surface area (Å²) in [4.78, 5) is 27.1. The van der Waals surface area contributed by atoms with Crippen molar-refractivity contribution in [1.82, 2.24) is 5.32 Å². The molecule has 2 aromatic rings. The first kappa shape index (κ1) is 21.7. The molecule has 7 heteroatoms. The number of nitrogens with one attached hydrogen (secondary N) is 1. The second-order valence-electron chi connectivity index (χ2n) is 8.65. The average molecular weight is 427 g/mol. The fourth-order valence-electron chi connectivity index (χ4n) is 4.57. The molecule has 0 aromatic heterocycles. The largest absolute Gasteiger partial charge is 0.489 e. The summed E-state index contributed by atoms with van der Waals surface area (Å²) < 4.78 is 6.22. The van der Waals surface area contributed by atoms with Crippen molar-refractivity contribution in [3.05, 3.63) is 70.0 Å². The molecule has 2 aromatic carbocycles. The summed E-state index contributed by atoms with van der Waals surface area (Å²) in [6.45, 7) is 15.2. The van der Waals surface area contributed by atoms with Crippen LogP contribution < -0.4 is 10.1 Å². The highest BCUT2D eigenvalue weighted by Crippen LogP contribution is 2.55. The van der Waals surface area contributed by atoms with Crippen LogP contribution in [0, 0.1) is 17.4 Å². The van der Waals surface area contributed by atoms with Gasteiger partial charge in [-0.25, -0.2) is 9.64 Å². The third kappa shape index (κ3) is 3.73. The second kappa shape index (κ2) is 7.66. The van der Waals surface area contributed by atoms with Crippen LogP contribution in [0.5, 0.6) is 5.75 Å². The van der Waals surface area contributed by atoms with Crippen LogP contribution in [0.4, 0.5) is 5.69 Å². The van der Waals surface area contributed by atoms with E-state index in [2.05, 4.69) is 10.2 Å². The van der Waals surface area contributed by atoms with Crippen molar-refractivity contribution in [3.63, 3.8) is 0 Å². The van der Waals surface area contributed by atoms with Gasteiger partial charge < -0.3 is 15.2 Å². The summed E-state index contributed by atoms with van der Waals surface area (Å²) in [5.74, 6) is -0.721. The Balaban J connectivity index is 1.75. The molecule has 0 radical (unpaired) electrons. The molecule has 1 aliphatic carbocycles. The minimum Gasteiger partial charge on any atom is -0.489 e. The molecule has 0 heterocycles. The quantitative estimate of drug-likeness (QED) is 0.644. The number of amides is 1. The molecule has 0 bridgehead atoms. The van der Waals surface area contributed by atoms with E-state index in [-0.39, 0.29) is 34.4 Å². The maximum atomic E-state index is 12.7. The molecule has 0 atom stereocenters. The summed E-state index contributed by atoms with van der Waals surface area (Å²) in [5.41, 5.74) is 0.163. The molecule has 0 saturated heterocycles. The highest BCUT2D eigenvalue weighted by Gasteiger charge is 2.64. The summed E-state index contributed by atoms with van der Waals surface area (Å²) in [6, 6.07) is 10.7. The van der Waals surface area contributed by atoms with Gasteiger partial charge in [0.1, 0.15) is 11.9 Å². The van der Waals surface area contributed by atoms with E-state index in [1.54, 1.807) is 18.2 Å². The monoisotopic (exact) mass is 426 g/mol. The SMILES string of the molecule is [C-]#[N+]c1ccc(OC2C(C)(C)C(NC(=O)c3ccc(C(=O)O)cc3)C2(C)C)cc1Cl. The van der Waals surface area contributed by atoms with E-state index in [9.17, 15) is 9.59 Å². The Labute approximate surface area is 180 Å². The van der Waals surface area contributed by atoms with Gasteiger partial charge >= 0.3 is 5.97 Å². The maximum absolute atomic E-state index is 12.7. The predicted octanol–water partition coefficient (Wildman–Crippen LogP) is 5.20. The van der Waals surface area contributed by atoms with Crippen molar-refractivity contribution in [2.75, 3.05) is 0 Å². The Morgan fingerprint density at radius 1 is 1.07 bits per heavy atom. The molecule has 30 heavy (non-hydrogen) atoms. The van der Waals surface area contributed by atoms with Gasteiger partial charge in [-0.15, -0.1) is 0 Å². The highest BCUT2D eigenvalue weighted by atomic mass is 35.5. The predicted molar refractivity (Wildman–Crippen MR) is 114 cm³/mol. The van der Waals surface area contributed by atoms with Crippen LogP contribution in [0.2, 0.25) is 5.02 Å². The number of carboxylic acid groups (broad SMARTS) is 1. The molecule has 1 fully saturated rings. The number of hydrogen-bond acceptors (Lipinski definition) is 3. The van der Waals surface area contributed by atoms with Crippen LogP contribution in [0.15, 0.2) is 42.5 Å². The number of carboxylic acids is 1. The number of aromatic carboxylic acids is 1. The molecule has 1 aliphatic rings. The van der Waals surface area contributed by atoms with Gasteiger partial charge in [0.25, 0.3) is 5.91 Å². The van der Waals surface area contributed by atoms with Gasteiger partial charge in [-0.3, -0.25) is 4.79 Å². The van der Waals surface area contributed by atoms with Gasteiger partial charge in [-0.1, -0.05) is 45.4 Å². The minimum atomic E-state index is -1.03. The number of benzene rings is 2. The zero-order valence-corrected chi connectivity index (χ0v) is 17.9. The first-order chi connectivity index (χ1) is 14.0. The standard InChI is InChI=1S/C23H23ClN2O4/c1-22(2)20(26-18(27)13-6-8-14(9-7-13)19(28)29)23(3,4)21(22)30-15-10-11-17(25-5)16(24)12-15/h6-12,20-21H,1-4H3,(H,26,27)(H,28,29). The fraction of sp³-hybridized carbons (Fsp3) is 0.348. The molecule has 6 nitrogen and oxygen atoms in total. The van der Waals surface area contributed by atoms with E-state index in [0.29, 0.717) is 22.0 Å². The van der Waals surface area contributed by atoms with Crippen molar-refractivity contribution in [1.29, 1.82) is 0 Å². The van der Waals surface area contributed by atoms with Gasteiger partial charge in [-0.05, 0) is 36.4 Å². The van der Waals surface area contributed by atoms with Crippen LogP contribution in [-0.2, 0) is 0 Å². The molecule has 0 spiro atoms. The second-order valence-corrected chi connectivity index (χ2v) is 9.06. The normalized spacial score (nSPS) is 21.1. The van der Waals surface area contributed by atoms with E-state index in [4.69, 9.17) is 28.0 Å². The van der Waals surface area contributed by atoms with E-state index < -0.39 is 5.97 Å². The molecular formula is C23H23ClN2O4. The average Bonchev–Trinajstić information content (AvgIpc) is 2.69. The van der Waals surface area contributed by atoms with Gasteiger partial charge in [0.15, 0.2) is 0 Å². The zero-order chi connectivity index (χ0) is 22.3. The molecule has 2 N–H and O–H groups in total. The number of hydrogen-bond donors (Lipinski definition) is 2. The molecule has 3 rings (SSSR count). The number of halogens is 1. The van der Waals surface area contributed by atoms with Crippen molar-refractivity contribution in [2.24, 2.45) is 10.8 Å². The molecular weight excluding hydrogens is 404 g/mol. The van der Waals surface area contributed by atoms with Crippen molar-refractivity contribution in [3.8, 4) is 5.75 Å². The highest BCUT2D eigenvalue weighted by molar-refractivity contribution is 6.33. The molecule has 0 aliphatic heterocycles. The Morgan fingerprint density at radius 2 is 1.63 bits per heavy atom. The Bertz CT molecular complexity index is 1020. The minimum absolute atomic E-state index is 0.132. The van der Waals surface area contributed by atoms with E-state index in [0.717, 1.165) is 0 Å². The lowest BCUT2D eigenvalue weighted by atomic mass is 9.49. The third-order valence-corrected chi connectivity index (χ3v) is 6.11. The molecule has 156 valence electrons. The summed E-state index contributed by atoms with van der Waals surface area (Å²) in [7, 11) is 0. The first-order valence-electron chi connectivity index (χ1n) is 9.46. The number of ether oxygens (including phenoxy) is 1. The van der Waals surface area contributed by atoms with Crippen LogP contribution in [0.25, 0.3) is 4.85 Å². The molecule has 0 unspecified atom stereocenters. The smallest absolute Gasteiger partial charge is 0.335 e.